The van der Waals surface area contributed by atoms with Gasteiger partial charge in [0.2, 0.25) is 0 Å². The summed E-state index contributed by atoms with van der Waals surface area (Å²) < 4.78 is 0. The van der Waals surface area contributed by atoms with E-state index in [4.69, 9.17) is 0 Å². The summed E-state index contributed by atoms with van der Waals surface area (Å²) in [5.41, 5.74) is 2.08. The number of carboxylic acid groups (broad SMARTS) is 1. The number of aryl methyl sites for hydroxylation is 1. The van der Waals surface area contributed by atoms with Gasteiger partial charge in [-0.15, -0.1) is 0 Å². The van der Waals surface area contributed by atoms with E-state index < -0.39 is 23.6 Å². The van der Waals surface area contributed by atoms with Gasteiger partial charge in [0, 0.05) is 17.9 Å². The van der Waals surface area contributed by atoms with Gasteiger partial charge < -0.3 is 20.6 Å². The number of amides is 5. The molecule has 1 spiro atoms. The zero-order valence-electron chi connectivity index (χ0n) is 21.6. The third kappa shape index (κ3) is 5.10. The summed E-state index contributed by atoms with van der Waals surface area (Å²) in [5.74, 6) is -1.22. The summed E-state index contributed by atoms with van der Waals surface area (Å²) in [4.78, 5) is 54.6. The number of carbonyl (C=O) groups is 4. The van der Waals surface area contributed by atoms with Crippen LogP contribution in [0.5, 0.6) is 0 Å². The smallest absolute Gasteiger partial charge is 0.328 e. The van der Waals surface area contributed by atoms with Crippen LogP contribution in [0.25, 0.3) is 0 Å². The third-order valence-electron chi connectivity index (χ3n) is 8.05. The second-order valence-corrected chi connectivity index (χ2v) is 10.8. The van der Waals surface area contributed by atoms with Crippen LogP contribution in [0.4, 0.5) is 21.0 Å². The number of imide groups is 1. The van der Waals surface area contributed by atoms with Crippen molar-refractivity contribution < 1.29 is 24.3 Å². The molecular formula is C29H34N4O5. The Hall–Kier alpha value is -3.88. The topological polar surface area (TPSA) is 119 Å². The van der Waals surface area contributed by atoms with Crippen molar-refractivity contribution in [3.05, 3.63) is 59.7 Å². The third-order valence-corrected chi connectivity index (χ3v) is 8.05. The van der Waals surface area contributed by atoms with Crippen molar-refractivity contribution in [2.24, 2.45) is 5.92 Å². The summed E-state index contributed by atoms with van der Waals surface area (Å²) in [6, 6.07) is 12.7. The monoisotopic (exact) mass is 518 g/mol. The number of urea groups is 2. The molecule has 2 saturated carbocycles. The van der Waals surface area contributed by atoms with Gasteiger partial charge in [-0.2, -0.15) is 0 Å². The van der Waals surface area contributed by atoms with Crippen LogP contribution < -0.4 is 10.6 Å². The number of hydrogen-bond donors (Lipinski definition) is 3. The minimum atomic E-state index is -1.12. The molecule has 3 fully saturated rings. The fourth-order valence-electron chi connectivity index (χ4n) is 5.71. The number of nitrogens with one attached hydrogen (secondary N) is 2. The first-order valence-electron chi connectivity index (χ1n) is 13.4. The van der Waals surface area contributed by atoms with E-state index in [2.05, 4.69) is 10.6 Å². The highest BCUT2D eigenvalue weighted by atomic mass is 16.4. The van der Waals surface area contributed by atoms with E-state index in [1.807, 2.05) is 43.3 Å². The van der Waals surface area contributed by atoms with Crippen molar-refractivity contribution in [2.45, 2.75) is 76.4 Å². The predicted molar refractivity (Wildman–Crippen MR) is 143 cm³/mol. The van der Waals surface area contributed by atoms with Gasteiger partial charge in [-0.25, -0.2) is 19.3 Å². The van der Waals surface area contributed by atoms with Crippen LogP contribution in [0.15, 0.2) is 48.5 Å². The fraction of sp³-hybridized carbons (Fsp3) is 0.448. The highest BCUT2D eigenvalue weighted by molar-refractivity contribution is 6.09. The number of para-hydroxylation sites is 1. The molecule has 5 rings (SSSR count). The Bertz CT molecular complexity index is 1230. The van der Waals surface area contributed by atoms with Crippen LogP contribution in [0.1, 0.15) is 62.5 Å². The van der Waals surface area contributed by atoms with Gasteiger partial charge in [0.25, 0.3) is 5.91 Å². The number of carbonyl (C=O) groups excluding carboxylic acids is 3. The van der Waals surface area contributed by atoms with E-state index in [0.29, 0.717) is 24.9 Å². The van der Waals surface area contributed by atoms with Crippen LogP contribution in [0.2, 0.25) is 0 Å². The van der Waals surface area contributed by atoms with Gasteiger partial charge in [0.05, 0.1) is 0 Å². The maximum absolute atomic E-state index is 13.7. The van der Waals surface area contributed by atoms with Crippen molar-refractivity contribution in [1.82, 2.24) is 9.80 Å². The van der Waals surface area contributed by atoms with Crippen molar-refractivity contribution >= 4 is 35.3 Å². The first-order valence-corrected chi connectivity index (χ1v) is 13.4. The molecule has 0 aromatic heterocycles. The van der Waals surface area contributed by atoms with Crippen LogP contribution >= 0.6 is 0 Å². The number of benzene rings is 2. The number of hydrogen-bond acceptors (Lipinski definition) is 4. The molecule has 2 aromatic carbocycles. The van der Waals surface area contributed by atoms with Gasteiger partial charge in [0.1, 0.15) is 11.6 Å². The first-order chi connectivity index (χ1) is 18.3. The van der Waals surface area contributed by atoms with E-state index in [1.165, 1.54) is 0 Å². The molecule has 1 heterocycles. The Morgan fingerprint density at radius 2 is 1.68 bits per heavy atom. The van der Waals surface area contributed by atoms with E-state index in [-0.39, 0.29) is 24.4 Å². The Labute approximate surface area is 222 Å². The minimum Gasteiger partial charge on any atom is -0.480 e. The summed E-state index contributed by atoms with van der Waals surface area (Å²) in [7, 11) is 0. The Kier molecular flexibility index (Phi) is 7.10. The van der Waals surface area contributed by atoms with E-state index in [1.54, 1.807) is 17.0 Å². The molecule has 2 aliphatic carbocycles. The molecule has 9 nitrogen and oxygen atoms in total. The van der Waals surface area contributed by atoms with Crippen LogP contribution in [-0.2, 0) is 16.1 Å². The molecule has 1 saturated heterocycles. The molecule has 1 atom stereocenters. The van der Waals surface area contributed by atoms with Crippen molar-refractivity contribution in [1.29, 1.82) is 0 Å². The average Bonchev–Trinajstić information content (AvgIpc) is 3.71. The SMILES string of the molecule is Cc1ccccc1NC(=O)Nc1ccc(CN2C(=O)N([C@@H](CC3CC3)C(=O)O)C(=O)C23CCCCC3)cc1. The van der Waals surface area contributed by atoms with Crippen molar-refractivity contribution in [2.75, 3.05) is 10.6 Å². The van der Waals surface area contributed by atoms with E-state index in [0.717, 1.165) is 53.8 Å². The summed E-state index contributed by atoms with van der Waals surface area (Å²) in [6.45, 7) is 2.12. The lowest BCUT2D eigenvalue weighted by molar-refractivity contribution is -0.149. The van der Waals surface area contributed by atoms with Crippen molar-refractivity contribution in [3.8, 4) is 0 Å². The molecule has 5 amide bonds. The molecule has 9 heteroatoms. The molecule has 3 N–H and O–H groups in total. The predicted octanol–water partition coefficient (Wildman–Crippen LogP) is 5.36. The molecular weight excluding hydrogens is 484 g/mol. The summed E-state index contributed by atoms with van der Waals surface area (Å²) >= 11 is 0. The van der Waals surface area contributed by atoms with Crippen molar-refractivity contribution in [3.63, 3.8) is 0 Å². The van der Waals surface area contributed by atoms with Gasteiger partial charge in [-0.3, -0.25) is 4.79 Å². The first kappa shape index (κ1) is 25.8. The number of rotatable bonds is 8. The Morgan fingerprint density at radius 1 is 1.00 bits per heavy atom. The van der Waals surface area contributed by atoms with Crippen LogP contribution in [0, 0.1) is 12.8 Å². The standard InChI is InChI=1S/C29H34N4O5/c1-19-7-3-4-8-23(19)31-27(37)30-22-13-11-21(12-14-22)18-32-28(38)33(24(25(34)35)17-20-9-10-20)26(36)29(32)15-5-2-6-16-29/h3-4,7-8,11-14,20,24H,2,5-6,9-10,15-18H2,1H3,(H,34,35)(H2,30,31,37)/t24-/m0/s1. The largest absolute Gasteiger partial charge is 0.480 e. The number of aliphatic carboxylic acids is 1. The summed E-state index contributed by atoms with van der Waals surface area (Å²) in [6.07, 6.45) is 5.93. The van der Waals surface area contributed by atoms with Gasteiger partial charge in [-0.1, -0.05) is 62.4 Å². The molecule has 0 unspecified atom stereocenters. The molecule has 38 heavy (non-hydrogen) atoms. The lowest BCUT2D eigenvalue weighted by Gasteiger charge is -2.38. The van der Waals surface area contributed by atoms with Crippen LogP contribution in [0.3, 0.4) is 0 Å². The number of nitrogens with zero attached hydrogens (tertiary/aromatic N) is 2. The van der Waals surface area contributed by atoms with E-state index >= 15 is 0 Å². The van der Waals surface area contributed by atoms with Gasteiger partial charge >= 0.3 is 18.0 Å². The Morgan fingerprint density at radius 3 is 2.32 bits per heavy atom. The molecule has 2 aromatic rings. The maximum atomic E-state index is 13.7. The number of anilines is 2. The molecule has 1 aliphatic heterocycles. The molecule has 200 valence electrons. The van der Waals surface area contributed by atoms with Gasteiger partial charge in [-0.05, 0) is 61.4 Å². The molecule has 3 aliphatic rings. The summed E-state index contributed by atoms with van der Waals surface area (Å²) in [5, 5.41) is 15.6. The highest BCUT2D eigenvalue weighted by Crippen LogP contribution is 2.44. The minimum absolute atomic E-state index is 0.201. The normalized spacial score (nSPS) is 19.5. The quantitative estimate of drug-likeness (QED) is 0.407. The second-order valence-electron chi connectivity index (χ2n) is 10.8. The average molecular weight is 519 g/mol. The lowest BCUT2D eigenvalue weighted by Crippen LogP contribution is -2.51. The lowest BCUT2D eigenvalue weighted by atomic mass is 9.80. The fourth-order valence-corrected chi connectivity index (χ4v) is 5.71. The van der Waals surface area contributed by atoms with Crippen LogP contribution in [-0.4, -0.2) is 50.4 Å². The maximum Gasteiger partial charge on any atom is 0.328 e. The molecule has 0 radical (unpaired) electrons. The highest BCUT2D eigenvalue weighted by Gasteiger charge is 2.59. The van der Waals surface area contributed by atoms with E-state index in [9.17, 15) is 24.3 Å². The van der Waals surface area contributed by atoms with Gasteiger partial charge in [0.15, 0.2) is 0 Å². The Balaban J connectivity index is 1.31. The molecule has 0 bridgehead atoms. The second kappa shape index (κ2) is 10.5. The number of carboxylic acids is 1. The zero-order valence-corrected chi connectivity index (χ0v) is 21.6. The zero-order chi connectivity index (χ0) is 26.9.